The van der Waals surface area contributed by atoms with Gasteiger partial charge in [-0.15, -0.1) is 0 Å². The summed E-state index contributed by atoms with van der Waals surface area (Å²) in [4.78, 5) is 0. The van der Waals surface area contributed by atoms with Crippen molar-refractivity contribution in [1.29, 1.82) is 0 Å². The molecule has 0 heterocycles. The third-order valence-electron chi connectivity index (χ3n) is 5.86. The molecule has 0 unspecified atom stereocenters. The zero-order valence-corrected chi connectivity index (χ0v) is 17.0. The highest BCUT2D eigenvalue weighted by Crippen LogP contribution is 2.40. The van der Waals surface area contributed by atoms with Gasteiger partial charge in [0, 0.05) is 6.61 Å². The molecule has 1 heteroatoms. The first-order valence-corrected chi connectivity index (χ1v) is 10.7. The van der Waals surface area contributed by atoms with Crippen LogP contribution in [0, 0.1) is 0 Å². The predicted octanol–water partition coefficient (Wildman–Crippen LogP) is 7.48. The van der Waals surface area contributed by atoms with Gasteiger partial charge in [0.25, 0.3) is 0 Å². The van der Waals surface area contributed by atoms with Crippen molar-refractivity contribution < 1.29 is 4.74 Å². The summed E-state index contributed by atoms with van der Waals surface area (Å²) in [7, 11) is 0. The molecule has 0 saturated heterocycles. The van der Waals surface area contributed by atoms with Crippen LogP contribution in [-0.4, -0.2) is 6.61 Å². The minimum Gasteiger partial charge on any atom is -0.377 e. The Labute approximate surface area is 165 Å². The molecule has 1 aliphatic rings. The number of allylic oxidation sites excluding steroid dienone is 1. The van der Waals surface area contributed by atoms with Crippen molar-refractivity contribution in [3.63, 3.8) is 0 Å². The smallest absolute Gasteiger partial charge is 0.0716 e. The van der Waals surface area contributed by atoms with Crippen LogP contribution in [0.15, 0.2) is 54.6 Å². The zero-order valence-electron chi connectivity index (χ0n) is 17.0. The molecular formula is C26H34O. The van der Waals surface area contributed by atoms with E-state index in [1.165, 1.54) is 54.4 Å². The minimum atomic E-state index is 0.721. The van der Waals surface area contributed by atoms with Crippen molar-refractivity contribution in [3.8, 4) is 0 Å². The lowest BCUT2D eigenvalue weighted by Gasteiger charge is -2.29. The SMILES string of the molecule is CC=Cc1ccc([C@H]2CC[C@H](c3ccc(COCCCC)cc3)CC2)cc1. The highest BCUT2D eigenvalue weighted by molar-refractivity contribution is 5.49. The Morgan fingerprint density at radius 3 is 1.93 bits per heavy atom. The molecule has 27 heavy (non-hydrogen) atoms. The lowest BCUT2D eigenvalue weighted by molar-refractivity contribution is 0.118. The second kappa shape index (κ2) is 10.5. The van der Waals surface area contributed by atoms with Crippen LogP contribution in [0.3, 0.4) is 0 Å². The third-order valence-corrected chi connectivity index (χ3v) is 5.86. The van der Waals surface area contributed by atoms with Gasteiger partial charge >= 0.3 is 0 Å². The van der Waals surface area contributed by atoms with Crippen LogP contribution in [0.25, 0.3) is 6.08 Å². The predicted molar refractivity (Wildman–Crippen MR) is 116 cm³/mol. The Morgan fingerprint density at radius 1 is 0.852 bits per heavy atom. The van der Waals surface area contributed by atoms with Gasteiger partial charge in [-0.25, -0.2) is 0 Å². The number of benzene rings is 2. The second-order valence-electron chi connectivity index (χ2n) is 7.86. The highest BCUT2D eigenvalue weighted by Gasteiger charge is 2.23. The summed E-state index contributed by atoms with van der Waals surface area (Å²) in [6, 6.07) is 18.3. The molecule has 0 radical (unpaired) electrons. The standard InChI is InChI=1S/C26H34O/c1-3-5-19-27-20-22-9-13-24(14-10-22)26-17-15-25(16-18-26)23-11-7-21(6-4-2)8-12-23/h4,6-14,25-26H,3,5,15-20H2,1-2H3/t25-,26-. The maximum absolute atomic E-state index is 5.73. The van der Waals surface area contributed by atoms with Gasteiger partial charge in [0.05, 0.1) is 6.61 Å². The Balaban J connectivity index is 1.49. The molecular weight excluding hydrogens is 328 g/mol. The van der Waals surface area contributed by atoms with E-state index in [9.17, 15) is 0 Å². The van der Waals surface area contributed by atoms with Crippen molar-refractivity contribution in [2.24, 2.45) is 0 Å². The van der Waals surface area contributed by atoms with Gasteiger partial charge in [0.1, 0.15) is 0 Å². The molecule has 1 fully saturated rings. The van der Waals surface area contributed by atoms with Crippen molar-refractivity contribution in [1.82, 2.24) is 0 Å². The van der Waals surface area contributed by atoms with Crippen molar-refractivity contribution in [2.75, 3.05) is 6.61 Å². The Hall–Kier alpha value is -1.86. The second-order valence-corrected chi connectivity index (χ2v) is 7.86. The Bertz CT molecular complexity index is 688. The molecule has 0 aromatic heterocycles. The van der Waals surface area contributed by atoms with Crippen molar-refractivity contribution in [3.05, 3.63) is 76.9 Å². The van der Waals surface area contributed by atoms with Crippen LogP contribution in [0.4, 0.5) is 0 Å². The van der Waals surface area contributed by atoms with E-state index in [-0.39, 0.29) is 0 Å². The van der Waals surface area contributed by atoms with E-state index in [0.717, 1.165) is 31.5 Å². The van der Waals surface area contributed by atoms with E-state index < -0.39 is 0 Å². The normalized spacial score (nSPS) is 20.2. The summed E-state index contributed by atoms with van der Waals surface area (Å²) in [5.74, 6) is 1.45. The maximum atomic E-state index is 5.73. The number of hydrogen-bond donors (Lipinski definition) is 0. The van der Waals surface area contributed by atoms with Crippen LogP contribution in [0.2, 0.25) is 0 Å². The van der Waals surface area contributed by atoms with Crippen LogP contribution in [0.5, 0.6) is 0 Å². The minimum absolute atomic E-state index is 0.721. The Kier molecular flexibility index (Phi) is 7.71. The average Bonchev–Trinajstić information content (AvgIpc) is 2.73. The van der Waals surface area contributed by atoms with Gasteiger partial charge < -0.3 is 4.74 Å². The molecule has 2 aromatic carbocycles. The van der Waals surface area contributed by atoms with Gasteiger partial charge in [-0.1, -0.05) is 74.0 Å². The molecule has 1 saturated carbocycles. The molecule has 1 aliphatic carbocycles. The zero-order chi connectivity index (χ0) is 18.9. The van der Waals surface area contributed by atoms with Crippen molar-refractivity contribution >= 4 is 6.08 Å². The topological polar surface area (TPSA) is 9.23 Å². The van der Waals surface area contributed by atoms with Gasteiger partial charge in [0.15, 0.2) is 0 Å². The van der Waals surface area contributed by atoms with E-state index in [4.69, 9.17) is 4.74 Å². The summed E-state index contributed by atoms with van der Waals surface area (Å²) < 4.78 is 5.73. The van der Waals surface area contributed by atoms with E-state index in [0.29, 0.717) is 0 Å². The summed E-state index contributed by atoms with van der Waals surface area (Å²) >= 11 is 0. The fraction of sp³-hybridized carbons (Fsp3) is 0.462. The molecule has 1 nitrogen and oxygen atoms in total. The van der Waals surface area contributed by atoms with Gasteiger partial charge in [-0.2, -0.15) is 0 Å². The lowest BCUT2D eigenvalue weighted by atomic mass is 9.76. The van der Waals surface area contributed by atoms with E-state index in [2.05, 4.69) is 74.5 Å². The molecule has 0 aliphatic heterocycles. The molecule has 0 spiro atoms. The first-order valence-electron chi connectivity index (χ1n) is 10.7. The van der Waals surface area contributed by atoms with Crippen LogP contribution >= 0.6 is 0 Å². The number of ether oxygens (including phenoxy) is 1. The quantitative estimate of drug-likeness (QED) is 0.442. The average molecular weight is 363 g/mol. The Morgan fingerprint density at radius 2 is 1.41 bits per heavy atom. The summed E-state index contributed by atoms with van der Waals surface area (Å²) in [6.07, 6.45) is 11.8. The summed E-state index contributed by atoms with van der Waals surface area (Å²) in [5.41, 5.74) is 5.62. The first kappa shape index (κ1) is 19.9. The molecule has 0 bridgehead atoms. The fourth-order valence-electron chi connectivity index (χ4n) is 4.15. The van der Waals surface area contributed by atoms with Crippen LogP contribution in [-0.2, 0) is 11.3 Å². The lowest BCUT2D eigenvalue weighted by Crippen LogP contribution is -2.12. The third kappa shape index (κ3) is 5.81. The maximum Gasteiger partial charge on any atom is 0.0716 e. The molecule has 3 rings (SSSR count). The molecule has 0 N–H and O–H groups in total. The summed E-state index contributed by atoms with van der Waals surface area (Å²) in [6.45, 7) is 5.89. The molecule has 144 valence electrons. The number of hydrogen-bond acceptors (Lipinski definition) is 1. The van der Waals surface area contributed by atoms with Gasteiger partial charge in [-0.05, 0) is 73.1 Å². The van der Waals surface area contributed by atoms with Crippen LogP contribution < -0.4 is 0 Å². The van der Waals surface area contributed by atoms with E-state index in [1.54, 1.807) is 0 Å². The van der Waals surface area contributed by atoms with Gasteiger partial charge in [0.2, 0.25) is 0 Å². The molecule has 0 amide bonds. The highest BCUT2D eigenvalue weighted by atomic mass is 16.5. The van der Waals surface area contributed by atoms with Gasteiger partial charge in [-0.3, -0.25) is 0 Å². The monoisotopic (exact) mass is 362 g/mol. The number of unbranched alkanes of at least 4 members (excludes halogenated alkanes) is 1. The molecule has 0 atom stereocenters. The van der Waals surface area contributed by atoms with Crippen molar-refractivity contribution in [2.45, 2.75) is 70.8 Å². The summed E-state index contributed by atoms with van der Waals surface area (Å²) in [5, 5.41) is 0. The largest absolute Gasteiger partial charge is 0.377 e. The fourth-order valence-corrected chi connectivity index (χ4v) is 4.15. The molecule has 2 aromatic rings. The number of rotatable bonds is 8. The first-order chi connectivity index (χ1) is 13.3. The van der Waals surface area contributed by atoms with E-state index >= 15 is 0 Å². The van der Waals surface area contributed by atoms with E-state index in [1.807, 2.05) is 0 Å². The van der Waals surface area contributed by atoms with Crippen LogP contribution in [0.1, 0.15) is 86.5 Å².